The lowest BCUT2D eigenvalue weighted by atomic mass is 10.2. The second-order valence-corrected chi connectivity index (χ2v) is 6.13. The molecule has 0 unspecified atom stereocenters. The van der Waals surface area contributed by atoms with Crippen molar-refractivity contribution in [1.29, 1.82) is 5.26 Å². The van der Waals surface area contributed by atoms with Gasteiger partial charge in [0.05, 0.1) is 13.7 Å². The van der Waals surface area contributed by atoms with Gasteiger partial charge in [-0.15, -0.1) is 0 Å². The number of ether oxygens (including phenoxy) is 2. The van der Waals surface area contributed by atoms with E-state index in [4.69, 9.17) is 9.47 Å². The van der Waals surface area contributed by atoms with Gasteiger partial charge in [0, 0.05) is 29.8 Å². The minimum Gasteiger partial charge on any atom is -0.497 e. The molecule has 6 heteroatoms. The number of carbonyl (C=O) groups excluding carboxylic acids is 1. The molecule has 29 heavy (non-hydrogen) atoms. The van der Waals surface area contributed by atoms with Crippen LogP contribution in [0.25, 0.3) is 11.8 Å². The van der Waals surface area contributed by atoms with Crippen molar-refractivity contribution >= 4 is 17.7 Å². The maximum Gasteiger partial charge on any atom is 0.266 e. The average Bonchev–Trinajstić information content (AvgIpc) is 3.21. The van der Waals surface area contributed by atoms with E-state index in [2.05, 4.69) is 5.32 Å². The molecule has 0 aliphatic heterocycles. The maximum absolute atomic E-state index is 12.5. The Balaban J connectivity index is 1.75. The summed E-state index contributed by atoms with van der Waals surface area (Å²) in [6.45, 7) is 2.42. The molecule has 0 aliphatic carbocycles. The Labute approximate surface area is 169 Å². The molecule has 1 aromatic heterocycles. The number of benzene rings is 2. The first-order valence-electron chi connectivity index (χ1n) is 9.11. The lowest BCUT2D eigenvalue weighted by molar-refractivity contribution is -0.112. The number of aromatic nitrogens is 1. The molecule has 3 aromatic rings. The molecule has 1 amide bonds. The summed E-state index contributed by atoms with van der Waals surface area (Å²) in [5.74, 6) is 0.959. The second-order valence-electron chi connectivity index (χ2n) is 6.13. The van der Waals surface area contributed by atoms with Gasteiger partial charge in [0.2, 0.25) is 0 Å². The molecule has 0 bridgehead atoms. The SMILES string of the molecule is CCOc1cccc(NC(=O)/C(C#N)=C/c2ccn(-c3ccc(OC)cc3)c2)c1. The molecular weight excluding hydrogens is 366 g/mol. The molecule has 0 aliphatic rings. The first-order chi connectivity index (χ1) is 14.1. The van der Waals surface area contributed by atoms with E-state index in [0.29, 0.717) is 18.0 Å². The van der Waals surface area contributed by atoms with E-state index in [9.17, 15) is 10.1 Å². The van der Waals surface area contributed by atoms with E-state index in [1.807, 2.05) is 66.4 Å². The van der Waals surface area contributed by atoms with Crippen LogP contribution in [0.4, 0.5) is 5.69 Å². The van der Waals surface area contributed by atoms with Crippen LogP contribution < -0.4 is 14.8 Å². The summed E-state index contributed by atoms with van der Waals surface area (Å²) in [7, 11) is 1.62. The average molecular weight is 387 g/mol. The monoisotopic (exact) mass is 387 g/mol. The number of rotatable bonds is 7. The highest BCUT2D eigenvalue weighted by Gasteiger charge is 2.11. The predicted octanol–water partition coefficient (Wildman–Crippen LogP) is 4.43. The first-order valence-corrected chi connectivity index (χ1v) is 9.11. The number of nitrogens with zero attached hydrogens (tertiary/aromatic N) is 2. The number of hydrogen-bond acceptors (Lipinski definition) is 4. The first kappa shape index (κ1) is 19.8. The van der Waals surface area contributed by atoms with Crippen LogP contribution in [0.15, 0.2) is 72.6 Å². The van der Waals surface area contributed by atoms with Crippen molar-refractivity contribution in [2.75, 3.05) is 19.0 Å². The maximum atomic E-state index is 12.5. The summed E-state index contributed by atoms with van der Waals surface area (Å²) in [6.07, 6.45) is 5.27. The lowest BCUT2D eigenvalue weighted by Gasteiger charge is -2.07. The molecule has 0 saturated carbocycles. The van der Waals surface area contributed by atoms with Crippen LogP contribution in [0.1, 0.15) is 12.5 Å². The van der Waals surface area contributed by atoms with Crippen LogP contribution in [-0.2, 0) is 4.79 Å². The normalized spacial score (nSPS) is 10.9. The van der Waals surface area contributed by atoms with Crippen molar-refractivity contribution in [3.63, 3.8) is 0 Å². The topological polar surface area (TPSA) is 76.3 Å². The fraction of sp³-hybridized carbons (Fsp3) is 0.130. The number of methoxy groups -OCH3 is 1. The molecule has 3 rings (SSSR count). The van der Waals surface area contributed by atoms with Crippen LogP contribution in [-0.4, -0.2) is 24.2 Å². The third-order valence-electron chi connectivity index (χ3n) is 4.17. The second kappa shape index (κ2) is 9.29. The van der Waals surface area contributed by atoms with Crippen LogP contribution in [0.2, 0.25) is 0 Å². The summed E-state index contributed by atoms with van der Waals surface area (Å²) in [6, 6.07) is 18.5. The predicted molar refractivity (Wildman–Crippen MR) is 112 cm³/mol. The highest BCUT2D eigenvalue weighted by Crippen LogP contribution is 2.20. The molecule has 0 spiro atoms. The van der Waals surface area contributed by atoms with Crippen molar-refractivity contribution in [2.24, 2.45) is 0 Å². The Kier molecular flexibility index (Phi) is 6.33. The Morgan fingerprint density at radius 1 is 1.17 bits per heavy atom. The quantitative estimate of drug-likeness (QED) is 0.481. The van der Waals surface area contributed by atoms with E-state index in [-0.39, 0.29) is 5.57 Å². The van der Waals surface area contributed by atoms with Gasteiger partial charge in [0.15, 0.2) is 0 Å². The number of anilines is 1. The molecule has 0 radical (unpaired) electrons. The number of hydrogen-bond donors (Lipinski definition) is 1. The largest absolute Gasteiger partial charge is 0.497 e. The summed E-state index contributed by atoms with van der Waals surface area (Å²) < 4.78 is 12.5. The highest BCUT2D eigenvalue weighted by molar-refractivity contribution is 6.09. The van der Waals surface area contributed by atoms with E-state index >= 15 is 0 Å². The molecule has 6 nitrogen and oxygen atoms in total. The smallest absolute Gasteiger partial charge is 0.266 e. The standard InChI is InChI=1S/C23H21N3O3/c1-3-29-22-6-4-5-19(14-22)25-23(27)18(15-24)13-17-11-12-26(16-17)20-7-9-21(28-2)10-8-20/h4-14,16H,3H2,1-2H3,(H,25,27)/b18-13+. The summed E-state index contributed by atoms with van der Waals surface area (Å²) in [5.41, 5.74) is 2.27. The zero-order valence-electron chi connectivity index (χ0n) is 16.3. The zero-order valence-corrected chi connectivity index (χ0v) is 16.3. The van der Waals surface area contributed by atoms with Gasteiger partial charge in [-0.05, 0) is 61.0 Å². The van der Waals surface area contributed by atoms with Crippen LogP contribution >= 0.6 is 0 Å². The van der Waals surface area contributed by atoms with E-state index in [0.717, 1.165) is 17.0 Å². The van der Waals surface area contributed by atoms with Gasteiger partial charge in [-0.3, -0.25) is 4.79 Å². The Hall–Kier alpha value is -3.98. The van der Waals surface area contributed by atoms with Gasteiger partial charge in [-0.25, -0.2) is 0 Å². The van der Waals surface area contributed by atoms with Crippen LogP contribution in [0.5, 0.6) is 11.5 Å². The van der Waals surface area contributed by atoms with Crippen LogP contribution in [0, 0.1) is 11.3 Å². The van der Waals surface area contributed by atoms with Crippen molar-refractivity contribution in [3.05, 3.63) is 78.1 Å². The fourth-order valence-electron chi connectivity index (χ4n) is 2.76. The lowest BCUT2D eigenvalue weighted by Crippen LogP contribution is -2.13. The summed E-state index contributed by atoms with van der Waals surface area (Å²) in [5, 5.41) is 12.2. The van der Waals surface area contributed by atoms with Gasteiger partial charge < -0.3 is 19.4 Å². The Morgan fingerprint density at radius 2 is 1.97 bits per heavy atom. The van der Waals surface area contributed by atoms with Crippen LogP contribution in [0.3, 0.4) is 0 Å². The minimum atomic E-state index is -0.474. The van der Waals surface area contributed by atoms with Gasteiger partial charge in [-0.1, -0.05) is 6.07 Å². The summed E-state index contributed by atoms with van der Waals surface area (Å²) >= 11 is 0. The molecule has 146 valence electrons. The van der Waals surface area contributed by atoms with Gasteiger partial charge in [0.1, 0.15) is 23.1 Å². The van der Waals surface area contributed by atoms with Gasteiger partial charge >= 0.3 is 0 Å². The zero-order chi connectivity index (χ0) is 20.6. The molecule has 2 aromatic carbocycles. The number of amides is 1. The number of nitriles is 1. The van der Waals surface area contributed by atoms with Crippen molar-refractivity contribution in [1.82, 2.24) is 4.57 Å². The van der Waals surface area contributed by atoms with Crippen molar-refractivity contribution in [2.45, 2.75) is 6.92 Å². The molecule has 0 atom stereocenters. The summed E-state index contributed by atoms with van der Waals surface area (Å²) in [4.78, 5) is 12.5. The molecule has 1 N–H and O–H groups in total. The fourth-order valence-corrected chi connectivity index (χ4v) is 2.76. The highest BCUT2D eigenvalue weighted by atomic mass is 16.5. The van der Waals surface area contributed by atoms with Crippen molar-refractivity contribution < 1.29 is 14.3 Å². The van der Waals surface area contributed by atoms with Gasteiger partial charge in [0.25, 0.3) is 5.91 Å². The molecule has 0 fully saturated rings. The van der Waals surface area contributed by atoms with E-state index in [1.54, 1.807) is 31.4 Å². The Bertz CT molecular complexity index is 1060. The molecular formula is C23H21N3O3. The van der Waals surface area contributed by atoms with Crippen molar-refractivity contribution in [3.8, 4) is 23.3 Å². The number of carbonyl (C=O) groups is 1. The Morgan fingerprint density at radius 3 is 2.66 bits per heavy atom. The van der Waals surface area contributed by atoms with Gasteiger partial charge in [-0.2, -0.15) is 5.26 Å². The number of nitrogens with one attached hydrogen (secondary N) is 1. The van der Waals surface area contributed by atoms with E-state index < -0.39 is 5.91 Å². The minimum absolute atomic E-state index is 0.0132. The third-order valence-corrected chi connectivity index (χ3v) is 4.17. The third kappa shape index (κ3) is 5.05. The molecule has 0 saturated heterocycles. The van der Waals surface area contributed by atoms with E-state index in [1.165, 1.54) is 0 Å². The molecule has 1 heterocycles.